The lowest BCUT2D eigenvalue weighted by atomic mass is 10.1. The lowest BCUT2D eigenvalue weighted by Crippen LogP contribution is -2.56. The van der Waals surface area contributed by atoms with E-state index in [-0.39, 0.29) is 0 Å². The maximum atomic E-state index is 12.4. The molecule has 0 N–H and O–H groups in total. The normalized spacial score (nSPS) is 14.7. The van der Waals surface area contributed by atoms with Gasteiger partial charge in [0, 0.05) is 47.5 Å². The Bertz CT molecular complexity index is 373. The van der Waals surface area contributed by atoms with Gasteiger partial charge in [0.15, 0.2) is 11.5 Å². The van der Waals surface area contributed by atoms with E-state index >= 15 is 0 Å². The Hall–Kier alpha value is -0.773. The number of ether oxygens (including phenoxy) is 3. The monoisotopic (exact) mass is 350 g/mol. The van der Waals surface area contributed by atoms with E-state index in [9.17, 15) is 4.79 Å². The van der Waals surface area contributed by atoms with Gasteiger partial charge in [0.2, 0.25) is 0 Å². The largest absolute Gasteiger partial charge is 0.543 e. The molecular formula is C15H30O7Si. The van der Waals surface area contributed by atoms with Gasteiger partial charge < -0.3 is 27.5 Å². The number of methoxy groups -OCH3 is 2. The van der Waals surface area contributed by atoms with Crippen molar-refractivity contribution in [2.75, 3.05) is 35.5 Å². The van der Waals surface area contributed by atoms with Gasteiger partial charge in [0.25, 0.3) is 0 Å². The van der Waals surface area contributed by atoms with Gasteiger partial charge in [-0.3, -0.25) is 0 Å². The maximum Gasteiger partial charge on any atom is 0.543 e. The average molecular weight is 350 g/mol. The summed E-state index contributed by atoms with van der Waals surface area (Å²) in [4.78, 5) is 12.4. The van der Waals surface area contributed by atoms with E-state index in [1.54, 1.807) is 13.0 Å². The molecule has 0 aromatic carbocycles. The molecule has 0 heterocycles. The third-order valence-corrected chi connectivity index (χ3v) is 6.83. The predicted octanol–water partition coefficient (Wildman–Crippen LogP) is 2.07. The second-order valence-electron chi connectivity index (χ2n) is 4.92. The molecular weight excluding hydrogens is 320 g/mol. The molecule has 8 heteroatoms. The second-order valence-corrected chi connectivity index (χ2v) is 7.99. The van der Waals surface area contributed by atoms with Crippen molar-refractivity contribution in [1.82, 2.24) is 0 Å². The second kappa shape index (κ2) is 10.2. The molecule has 0 bridgehead atoms. The summed E-state index contributed by atoms with van der Waals surface area (Å²) in [5, 5.41) is 0. The summed E-state index contributed by atoms with van der Waals surface area (Å²) in [7, 11) is 4.42. The first-order valence-electron chi connectivity index (χ1n) is 7.50. The van der Waals surface area contributed by atoms with Crippen LogP contribution < -0.4 is 0 Å². The van der Waals surface area contributed by atoms with Crippen LogP contribution in [0.4, 0.5) is 0 Å². The number of hydrogen-bond acceptors (Lipinski definition) is 7. The van der Waals surface area contributed by atoms with Gasteiger partial charge >= 0.3 is 14.8 Å². The van der Waals surface area contributed by atoms with Crippen LogP contribution in [-0.4, -0.2) is 61.8 Å². The highest BCUT2D eigenvalue weighted by Crippen LogP contribution is 2.23. The van der Waals surface area contributed by atoms with Crippen molar-refractivity contribution in [3.63, 3.8) is 0 Å². The van der Waals surface area contributed by atoms with Crippen LogP contribution in [0, 0.1) is 0 Å². The first-order chi connectivity index (χ1) is 10.8. The van der Waals surface area contributed by atoms with Gasteiger partial charge in [-0.05, 0) is 19.4 Å². The van der Waals surface area contributed by atoms with Gasteiger partial charge in [-0.25, -0.2) is 4.79 Å². The fraction of sp³-hybridized carbons (Fsp3) is 0.800. The summed E-state index contributed by atoms with van der Waals surface area (Å²) in [6.45, 7) is 5.42. The van der Waals surface area contributed by atoms with Crippen LogP contribution in [0.5, 0.6) is 0 Å². The van der Waals surface area contributed by atoms with Crippen molar-refractivity contribution in [2.45, 2.75) is 45.1 Å². The molecule has 0 saturated heterocycles. The lowest BCUT2D eigenvalue weighted by Gasteiger charge is -2.31. The molecule has 0 amide bonds. The van der Waals surface area contributed by atoms with E-state index in [1.165, 1.54) is 35.5 Å². The molecule has 7 nitrogen and oxygen atoms in total. The third-order valence-electron chi connectivity index (χ3n) is 3.81. The minimum Gasteiger partial charge on any atom is -0.454 e. The molecule has 0 spiro atoms. The maximum absolute atomic E-state index is 12.4. The zero-order chi connectivity index (χ0) is 18.1. The molecule has 23 heavy (non-hydrogen) atoms. The van der Waals surface area contributed by atoms with E-state index in [4.69, 9.17) is 27.5 Å². The molecule has 0 aromatic rings. The Morgan fingerprint density at radius 1 is 1.04 bits per heavy atom. The summed E-state index contributed by atoms with van der Waals surface area (Å²) in [5.74, 6) is -1.45. The number of hydrogen-bond donors (Lipinski definition) is 0. The molecule has 0 aliphatic carbocycles. The minimum absolute atomic E-state index is 0.375. The summed E-state index contributed by atoms with van der Waals surface area (Å²) in [5.41, 5.74) is -0.223. The number of rotatable bonds is 11. The molecule has 136 valence electrons. The Kier molecular flexibility index (Phi) is 9.82. The highest BCUT2D eigenvalue weighted by molar-refractivity contribution is 6.62. The van der Waals surface area contributed by atoms with Gasteiger partial charge in [-0.2, -0.15) is 0 Å². The lowest BCUT2D eigenvalue weighted by molar-refractivity contribution is -0.172. The van der Waals surface area contributed by atoms with E-state index < -0.39 is 26.3 Å². The molecule has 1 atom stereocenters. The van der Waals surface area contributed by atoms with Gasteiger partial charge in [-0.1, -0.05) is 13.8 Å². The molecule has 0 fully saturated rings. The van der Waals surface area contributed by atoms with Crippen LogP contribution in [0.15, 0.2) is 11.6 Å². The van der Waals surface area contributed by atoms with E-state index in [0.717, 1.165) is 0 Å². The summed E-state index contributed by atoms with van der Waals surface area (Å²) < 4.78 is 32.4. The zero-order valence-electron chi connectivity index (χ0n) is 15.4. The van der Waals surface area contributed by atoms with Crippen LogP contribution in [-0.2, 0) is 32.3 Å². The molecule has 0 aliphatic rings. The van der Waals surface area contributed by atoms with E-state index in [1.807, 2.05) is 13.8 Å². The third kappa shape index (κ3) is 5.37. The summed E-state index contributed by atoms with van der Waals surface area (Å²) >= 11 is 0. The standard InChI is InChI=1S/C15H30O7Si/c1-9-13(23(19-6,20-7)21-8)22-14(16)12(3)11-15(10-2,17-4)18-5/h11,13H,9-10H2,1-8H3. The van der Waals surface area contributed by atoms with Crippen LogP contribution in [0.25, 0.3) is 0 Å². The zero-order valence-corrected chi connectivity index (χ0v) is 16.4. The quantitative estimate of drug-likeness (QED) is 0.244. The fourth-order valence-corrected chi connectivity index (χ4v) is 4.29. The first kappa shape index (κ1) is 22.2. The molecule has 0 radical (unpaired) electrons. The highest BCUT2D eigenvalue weighted by Gasteiger charge is 2.49. The molecule has 0 aliphatic heterocycles. The Morgan fingerprint density at radius 3 is 1.83 bits per heavy atom. The smallest absolute Gasteiger partial charge is 0.454 e. The molecule has 0 saturated carbocycles. The van der Waals surface area contributed by atoms with E-state index in [2.05, 4.69) is 0 Å². The number of esters is 1. The van der Waals surface area contributed by atoms with Crippen molar-refractivity contribution in [3.8, 4) is 0 Å². The number of carbonyl (C=O) groups is 1. The average Bonchev–Trinajstić information content (AvgIpc) is 2.60. The first-order valence-corrected chi connectivity index (χ1v) is 9.30. The Balaban J connectivity index is 5.30. The topological polar surface area (TPSA) is 72.5 Å². The molecule has 0 rings (SSSR count). The van der Waals surface area contributed by atoms with Gasteiger partial charge in [0.05, 0.1) is 0 Å². The Labute approximate surface area is 140 Å². The predicted molar refractivity (Wildman–Crippen MR) is 87.7 cm³/mol. The van der Waals surface area contributed by atoms with Crippen molar-refractivity contribution in [3.05, 3.63) is 11.6 Å². The molecule has 1 unspecified atom stereocenters. The molecule has 0 aromatic heterocycles. The van der Waals surface area contributed by atoms with Crippen LogP contribution in [0.2, 0.25) is 0 Å². The summed E-state index contributed by atoms with van der Waals surface area (Å²) in [6, 6.07) is 0. The van der Waals surface area contributed by atoms with E-state index in [0.29, 0.717) is 18.4 Å². The fourth-order valence-electron chi connectivity index (χ4n) is 2.25. The SMILES string of the molecule is CCC(OC(=O)C(C)=CC(CC)(OC)OC)[Si](OC)(OC)OC. The van der Waals surface area contributed by atoms with Crippen LogP contribution >= 0.6 is 0 Å². The minimum atomic E-state index is -3.07. The Morgan fingerprint density at radius 2 is 1.52 bits per heavy atom. The van der Waals surface area contributed by atoms with Crippen molar-refractivity contribution in [2.24, 2.45) is 0 Å². The highest BCUT2D eigenvalue weighted by atomic mass is 28.4. The summed E-state index contributed by atoms with van der Waals surface area (Å²) in [6.07, 6.45) is 2.67. The van der Waals surface area contributed by atoms with Crippen molar-refractivity contribution in [1.29, 1.82) is 0 Å². The van der Waals surface area contributed by atoms with Gasteiger partial charge in [0.1, 0.15) is 0 Å². The van der Waals surface area contributed by atoms with Gasteiger partial charge in [-0.15, -0.1) is 0 Å². The van der Waals surface area contributed by atoms with Crippen molar-refractivity contribution >= 4 is 14.8 Å². The van der Waals surface area contributed by atoms with Crippen molar-refractivity contribution < 1.29 is 32.3 Å². The van der Waals surface area contributed by atoms with Crippen LogP contribution in [0.1, 0.15) is 33.6 Å². The number of carbonyl (C=O) groups excluding carboxylic acids is 1. The van der Waals surface area contributed by atoms with Crippen LogP contribution in [0.3, 0.4) is 0 Å².